The molecule has 5 rings (SSSR count). The van der Waals surface area contributed by atoms with Crippen LogP contribution in [-0.4, -0.2) is 88.3 Å². The molecule has 240 valence electrons. The maximum atomic E-state index is 14.0. The number of carbonyl (C=O) groups is 2. The molecule has 4 heterocycles. The fourth-order valence-corrected chi connectivity index (χ4v) is 5.55. The van der Waals surface area contributed by atoms with E-state index in [0.29, 0.717) is 44.8 Å². The minimum atomic E-state index is -0.613. The van der Waals surface area contributed by atoms with E-state index in [1.165, 1.54) is 12.3 Å². The fourth-order valence-electron chi connectivity index (χ4n) is 5.55. The molecule has 11 nitrogen and oxygen atoms in total. The summed E-state index contributed by atoms with van der Waals surface area (Å²) >= 11 is 0. The third-order valence-electron chi connectivity index (χ3n) is 7.74. The number of carbonyl (C=O) groups excluding carboxylic acids is 2. The molecular formula is C33H41FN6O5. The van der Waals surface area contributed by atoms with Gasteiger partial charge in [-0.05, 0) is 75.1 Å². The van der Waals surface area contributed by atoms with E-state index in [-0.39, 0.29) is 18.4 Å². The van der Waals surface area contributed by atoms with Crippen molar-refractivity contribution in [1.82, 2.24) is 30.0 Å². The highest BCUT2D eigenvalue weighted by atomic mass is 19.1. The number of methoxy groups -OCH3 is 1. The average Bonchev–Trinajstić information content (AvgIpc) is 3.56. The summed E-state index contributed by atoms with van der Waals surface area (Å²) in [6.07, 6.45) is 3.14. The molecule has 1 fully saturated rings. The lowest BCUT2D eigenvalue weighted by Crippen LogP contribution is -2.41. The SMILES string of the molecule is COCCN1C[C@@H](NC(=O)Cc2c(C)c(C3=CCN(C(=O)OC(C)(C)C)CC3)nn2-c2ccccc2)[C@H](c2ccnc(F)c2)O1. The van der Waals surface area contributed by atoms with Crippen molar-refractivity contribution in [3.8, 4) is 5.69 Å². The van der Waals surface area contributed by atoms with E-state index < -0.39 is 23.7 Å². The van der Waals surface area contributed by atoms with Gasteiger partial charge in [-0.15, -0.1) is 0 Å². The van der Waals surface area contributed by atoms with Crippen LogP contribution in [0.3, 0.4) is 0 Å². The second-order valence-corrected chi connectivity index (χ2v) is 12.2. The molecule has 0 saturated carbocycles. The van der Waals surface area contributed by atoms with E-state index in [1.54, 1.807) is 23.1 Å². The summed E-state index contributed by atoms with van der Waals surface area (Å²) in [5.41, 5.74) is 4.32. The van der Waals surface area contributed by atoms with Crippen molar-refractivity contribution < 1.29 is 28.3 Å². The summed E-state index contributed by atoms with van der Waals surface area (Å²) in [6, 6.07) is 12.3. The van der Waals surface area contributed by atoms with Crippen LogP contribution >= 0.6 is 0 Å². The molecular weight excluding hydrogens is 579 g/mol. The summed E-state index contributed by atoms with van der Waals surface area (Å²) < 4.78 is 26.6. The summed E-state index contributed by atoms with van der Waals surface area (Å²) in [5, 5.41) is 9.83. The third kappa shape index (κ3) is 7.94. The minimum absolute atomic E-state index is 0.0665. The highest BCUT2D eigenvalue weighted by Gasteiger charge is 2.37. The van der Waals surface area contributed by atoms with Crippen molar-refractivity contribution in [3.63, 3.8) is 0 Å². The smallest absolute Gasteiger partial charge is 0.410 e. The molecule has 1 aromatic carbocycles. The van der Waals surface area contributed by atoms with E-state index in [4.69, 9.17) is 19.4 Å². The molecule has 0 unspecified atom stereocenters. The third-order valence-corrected chi connectivity index (χ3v) is 7.74. The molecule has 2 atom stereocenters. The Labute approximate surface area is 262 Å². The molecule has 0 bridgehead atoms. The second-order valence-electron chi connectivity index (χ2n) is 12.2. The molecule has 3 aromatic rings. The van der Waals surface area contributed by atoms with Crippen molar-refractivity contribution in [2.24, 2.45) is 0 Å². The molecule has 0 spiro atoms. The molecule has 45 heavy (non-hydrogen) atoms. The van der Waals surface area contributed by atoms with Crippen LogP contribution in [0.1, 0.15) is 55.8 Å². The summed E-state index contributed by atoms with van der Waals surface area (Å²) in [4.78, 5) is 37.7. The number of amides is 2. The number of halogens is 1. The van der Waals surface area contributed by atoms with Crippen molar-refractivity contribution >= 4 is 17.6 Å². The van der Waals surface area contributed by atoms with E-state index >= 15 is 0 Å². The van der Waals surface area contributed by atoms with Gasteiger partial charge in [0, 0.05) is 39.5 Å². The van der Waals surface area contributed by atoms with Crippen LogP contribution in [0.15, 0.2) is 54.7 Å². The number of hydrogen-bond donors (Lipinski definition) is 1. The van der Waals surface area contributed by atoms with Gasteiger partial charge in [0.25, 0.3) is 0 Å². The van der Waals surface area contributed by atoms with E-state index in [9.17, 15) is 14.0 Å². The Balaban J connectivity index is 1.37. The molecule has 1 saturated heterocycles. The van der Waals surface area contributed by atoms with Crippen molar-refractivity contribution in [3.05, 3.63) is 83.2 Å². The number of pyridine rings is 1. The van der Waals surface area contributed by atoms with Gasteiger partial charge in [-0.3, -0.25) is 9.63 Å². The largest absolute Gasteiger partial charge is 0.444 e. The number of rotatable bonds is 9. The van der Waals surface area contributed by atoms with Crippen LogP contribution in [0, 0.1) is 12.9 Å². The summed E-state index contributed by atoms with van der Waals surface area (Å²) in [6.45, 7) is 9.80. The van der Waals surface area contributed by atoms with Crippen LogP contribution in [0.25, 0.3) is 11.3 Å². The first kappa shape index (κ1) is 32.3. The first-order chi connectivity index (χ1) is 21.5. The summed E-state index contributed by atoms with van der Waals surface area (Å²) in [5.74, 6) is -0.824. The maximum absolute atomic E-state index is 14.0. The Bertz CT molecular complexity index is 1540. The van der Waals surface area contributed by atoms with Crippen LogP contribution in [0.4, 0.5) is 9.18 Å². The predicted octanol–water partition coefficient (Wildman–Crippen LogP) is 4.40. The van der Waals surface area contributed by atoms with Gasteiger partial charge in [0.05, 0.1) is 36.1 Å². The Morgan fingerprint density at radius 2 is 1.96 bits per heavy atom. The highest BCUT2D eigenvalue weighted by Crippen LogP contribution is 2.31. The Kier molecular flexibility index (Phi) is 9.96. The van der Waals surface area contributed by atoms with Crippen molar-refractivity contribution in [2.45, 2.75) is 58.3 Å². The number of hydroxylamine groups is 2. The number of ether oxygens (including phenoxy) is 2. The topological polar surface area (TPSA) is 111 Å². The summed E-state index contributed by atoms with van der Waals surface area (Å²) in [7, 11) is 1.61. The minimum Gasteiger partial charge on any atom is -0.444 e. The van der Waals surface area contributed by atoms with Gasteiger partial charge in [0.1, 0.15) is 11.7 Å². The zero-order valence-electron chi connectivity index (χ0n) is 26.5. The number of benzene rings is 1. The normalized spacial score (nSPS) is 19.0. The van der Waals surface area contributed by atoms with E-state index in [2.05, 4.69) is 10.3 Å². The van der Waals surface area contributed by atoms with Gasteiger partial charge >= 0.3 is 6.09 Å². The molecule has 0 radical (unpaired) electrons. The van der Waals surface area contributed by atoms with E-state index in [0.717, 1.165) is 28.2 Å². The second kappa shape index (κ2) is 13.9. The Morgan fingerprint density at radius 1 is 1.18 bits per heavy atom. The lowest BCUT2D eigenvalue weighted by Gasteiger charge is -2.29. The van der Waals surface area contributed by atoms with Gasteiger partial charge in [0.15, 0.2) is 0 Å². The lowest BCUT2D eigenvalue weighted by atomic mass is 10.00. The van der Waals surface area contributed by atoms with Gasteiger partial charge < -0.3 is 19.7 Å². The number of nitrogens with zero attached hydrogens (tertiary/aromatic N) is 5. The van der Waals surface area contributed by atoms with Gasteiger partial charge in [0.2, 0.25) is 11.9 Å². The van der Waals surface area contributed by atoms with Crippen molar-refractivity contribution in [2.75, 3.05) is 39.9 Å². The number of para-hydroxylation sites is 1. The van der Waals surface area contributed by atoms with Crippen LogP contribution < -0.4 is 5.32 Å². The quantitative estimate of drug-likeness (QED) is 0.351. The highest BCUT2D eigenvalue weighted by molar-refractivity contribution is 5.80. The van der Waals surface area contributed by atoms with E-state index in [1.807, 2.05) is 68.8 Å². The fraction of sp³-hybridized carbons (Fsp3) is 0.455. The first-order valence-corrected chi connectivity index (χ1v) is 15.1. The van der Waals surface area contributed by atoms with Crippen LogP contribution in [0.5, 0.6) is 0 Å². The van der Waals surface area contributed by atoms with Crippen molar-refractivity contribution in [1.29, 1.82) is 0 Å². The Morgan fingerprint density at radius 3 is 2.62 bits per heavy atom. The molecule has 1 N–H and O–H groups in total. The molecule has 2 aromatic heterocycles. The first-order valence-electron chi connectivity index (χ1n) is 15.1. The number of nitrogens with one attached hydrogen (secondary N) is 1. The molecule has 2 aliphatic heterocycles. The zero-order valence-corrected chi connectivity index (χ0v) is 26.5. The zero-order chi connectivity index (χ0) is 32.1. The molecule has 2 amide bonds. The van der Waals surface area contributed by atoms with Crippen LogP contribution in [0.2, 0.25) is 0 Å². The maximum Gasteiger partial charge on any atom is 0.410 e. The number of hydrogen-bond acceptors (Lipinski definition) is 8. The van der Waals surface area contributed by atoms with Gasteiger partial charge in [-0.1, -0.05) is 24.3 Å². The average molecular weight is 621 g/mol. The molecule has 0 aliphatic carbocycles. The number of aromatic nitrogens is 3. The standard InChI is InChI=1S/C33H41FN6O5/c1-22-27(20-29(41)36-26-21-39(17-18-43-5)45-31(26)24-11-14-35-28(34)19-24)40(25-9-7-6-8-10-25)37-30(22)23-12-15-38(16-13-23)32(42)44-33(2,3)4/h6-12,14,19,26,31H,13,15-18,20-21H2,1-5H3,(H,36,41)/t26-,31+/m1/s1. The predicted molar refractivity (Wildman–Crippen MR) is 166 cm³/mol. The molecule has 2 aliphatic rings. The van der Waals surface area contributed by atoms with Gasteiger partial charge in [-0.2, -0.15) is 14.6 Å². The molecule has 12 heteroatoms. The van der Waals surface area contributed by atoms with Crippen LogP contribution in [-0.2, 0) is 25.5 Å². The monoisotopic (exact) mass is 620 g/mol. The Hall–Kier alpha value is -4.13. The van der Waals surface area contributed by atoms with Gasteiger partial charge in [-0.25, -0.2) is 14.5 Å². The lowest BCUT2D eigenvalue weighted by molar-refractivity contribution is -0.154.